The number of nitrogens with zero attached hydrogens (tertiary/aromatic N) is 6. The smallest absolute Gasteiger partial charge is 0.305 e. The van der Waals surface area contributed by atoms with E-state index in [-0.39, 0.29) is 29.7 Å². The lowest BCUT2D eigenvalue weighted by Gasteiger charge is -2.24. The summed E-state index contributed by atoms with van der Waals surface area (Å²) in [4.78, 5) is 24.1. The summed E-state index contributed by atoms with van der Waals surface area (Å²) in [7, 11) is -3.97. The SMILES string of the molecule is CC(C)c1nc(N(c2ccc(-n3cncn3)cc2)S(C)(=O)=O)nc(-c2ccc(F)cc2)c1C=C[C@@H](O)C[C@@H](O)CC(=O)O. The first-order valence-electron chi connectivity index (χ1n) is 13.2. The average molecular weight is 611 g/mol. The maximum Gasteiger partial charge on any atom is 0.305 e. The Hall–Kier alpha value is -4.53. The normalized spacial score (nSPS) is 13.4. The molecule has 14 heteroatoms. The molecule has 0 unspecified atom stereocenters. The fourth-order valence-corrected chi connectivity index (χ4v) is 5.27. The third-order valence-corrected chi connectivity index (χ3v) is 7.35. The number of benzene rings is 2. The van der Waals surface area contributed by atoms with Gasteiger partial charge in [-0.05, 0) is 54.4 Å². The van der Waals surface area contributed by atoms with Gasteiger partial charge in [-0.1, -0.05) is 26.0 Å². The standard InChI is InChI=1S/C29H31FN6O6S/c1-18(2)27-25(13-12-23(37)14-24(38)15-26(39)40)28(19-4-6-20(30)7-5-19)34-29(33-27)36(43(3,41)42)22-10-8-21(9-11-22)35-17-31-16-32-35/h4-13,16-18,23-24,37-38H,14-15H2,1-3H3,(H,39,40)/t23-,24-/m1/s1. The van der Waals surface area contributed by atoms with Crippen LogP contribution >= 0.6 is 0 Å². The molecule has 0 spiro atoms. The number of sulfonamides is 1. The van der Waals surface area contributed by atoms with E-state index in [0.29, 0.717) is 22.5 Å². The predicted octanol–water partition coefficient (Wildman–Crippen LogP) is 3.68. The van der Waals surface area contributed by atoms with Crippen LogP contribution in [0.3, 0.4) is 0 Å². The zero-order chi connectivity index (χ0) is 31.3. The van der Waals surface area contributed by atoms with Gasteiger partial charge in [0.2, 0.25) is 16.0 Å². The van der Waals surface area contributed by atoms with Gasteiger partial charge in [0.15, 0.2) is 0 Å². The molecule has 0 bridgehead atoms. The Morgan fingerprint density at radius 2 is 1.74 bits per heavy atom. The van der Waals surface area contributed by atoms with Gasteiger partial charge in [-0.25, -0.2) is 36.7 Å². The number of aliphatic hydroxyl groups is 2. The monoisotopic (exact) mass is 610 g/mol. The lowest BCUT2D eigenvalue weighted by molar-refractivity contribution is -0.139. The summed E-state index contributed by atoms with van der Waals surface area (Å²) in [6.45, 7) is 3.70. The average Bonchev–Trinajstić information content (AvgIpc) is 3.47. The Bertz CT molecular complexity index is 1690. The molecule has 4 rings (SSSR count). The number of carbonyl (C=O) groups is 1. The second-order valence-corrected chi connectivity index (χ2v) is 12.0. The summed E-state index contributed by atoms with van der Waals surface area (Å²) in [5.74, 6) is -2.08. The van der Waals surface area contributed by atoms with Crippen molar-refractivity contribution in [3.05, 3.63) is 84.3 Å². The number of hydrogen-bond donors (Lipinski definition) is 3. The van der Waals surface area contributed by atoms with Gasteiger partial charge in [0.1, 0.15) is 18.5 Å². The van der Waals surface area contributed by atoms with Crippen LogP contribution in [0.15, 0.2) is 67.3 Å². The molecule has 12 nitrogen and oxygen atoms in total. The minimum atomic E-state index is -3.97. The summed E-state index contributed by atoms with van der Waals surface area (Å²) in [6, 6.07) is 12.0. The minimum Gasteiger partial charge on any atom is -0.481 e. The number of halogens is 1. The van der Waals surface area contributed by atoms with Gasteiger partial charge in [0.05, 0.1) is 47.6 Å². The van der Waals surface area contributed by atoms with Crippen LogP contribution in [0.4, 0.5) is 16.0 Å². The first-order valence-corrected chi connectivity index (χ1v) is 15.1. The Morgan fingerprint density at radius 1 is 1.07 bits per heavy atom. The molecular formula is C29H31FN6O6S. The van der Waals surface area contributed by atoms with Crippen molar-refractivity contribution < 1.29 is 32.9 Å². The Balaban J connectivity index is 1.85. The summed E-state index contributed by atoms with van der Waals surface area (Å²) in [6.07, 6.45) is 3.60. The zero-order valence-electron chi connectivity index (χ0n) is 23.6. The highest BCUT2D eigenvalue weighted by Gasteiger charge is 2.27. The van der Waals surface area contributed by atoms with Crippen LogP contribution in [0, 0.1) is 5.82 Å². The van der Waals surface area contributed by atoms with Crippen LogP contribution in [-0.2, 0) is 14.8 Å². The van der Waals surface area contributed by atoms with Crippen molar-refractivity contribution in [2.75, 3.05) is 10.6 Å². The number of hydrogen-bond acceptors (Lipinski definition) is 9. The highest BCUT2D eigenvalue weighted by atomic mass is 32.2. The Kier molecular flexibility index (Phi) is 9.63. The molecule has 3 N–H and O–H groups in total. The molecule has 0 fully saturated rings. The molecule has 0 radical (unpaired) electrons. The first kappa shape index (κ1) is 31.4. The fourth-order valence-electron chi connectivity index (χ4n) is 4.38. The van der Waals surface area contributed by atoms with E-state index in [4.69, 9.17) is 5.11 Å². The summed E-state index contributed by atoms with van der Waals surface area (Å²) in [5.41, 5.74) is 2.52. The van der Waals surface area contributed by atoms with Gasteiger partial charge < -0.3 is 15.3 Å². The number of aliphatic carboxylic acids is 1. The Labute approximate surface area is 247 Å². The molecule has 2 atom stereocenters. The van der Waals surface area contributed by atoms with Gasteiger partial charge in [-0.3, -0.25) is 4.79 Å². The number of carboxylic acids is 1. The van der Waals surface area contributed by atoms with E-state index in [1.165, 1.54) is 53.8 Å². The largest absolute Gasteiger partial charge is 0.481 e. The molecule has 4 aromatic rings. The van der Waals surface area contributed by atoms with Crippen LogP contribution in [-0.4, -0.2) is 72.9 Å². The maximum atomic E-state index is 13.9. The first-order chi connectivity index (χ1) is 20.3. The molecule has 0 aliphatic carbocycles. The fraction of sp³-hybridized carbons (Fsp3) is 0.276. The lowest BCUT2D eigenvalue weighted by Crippen LogP contribution is -2.27. The maximum absolute atomic E-state index is 13.9. The van der Waals surface area contributed by atoms with Crippen LogP contribution in [0.1, 0.15) is 43.9 Å². The van der Waals surface area contributed by atoms with Crippen molar-refractivity contribution in [2.24, 2.45) is 0 Å². The van der Waals surface area contributed by atoms with E-state index in [0.717, 1.165) is 10.6 Å². The molecular weight excluding hydrogens is 579 g/mol. The second-order valence-electron chi connectivity index (χ2n) is 10.1. The zero-order valence-corrected chi connectivity index (χ0v) is 24.4. The number of carboxylic acid groups (broad SMARTS) is 1. The number of aliphatic hydroxyl groups excluding tert-OH is 2. The van der Waals surface area contributed by atoms with Crippen LogP contribution in [0.25, 0.3) is 23.0 Å². The minimum absolute atomic E-state index is 0.145. The van der Waals surface area contributed by atoms with Crippen molar-refractivity contribution in [3.8, 4) is 16.9 Å². The topological polar surface area (TPSA) is 172 Å². The van der Waals surface area contributed by atoms with Crippen molar-refractivity contribution in [1.29, 1.82) is 0 Å². The van der Waals surface area contributed by atoms with Crippen LogP contribution in [0.5, 0.6) is 0 Å². The van der Waals surface area contributed by atoms with E-state index in [1.54, 1.807) is 24.3 Å². The van der Waals surface area contributed by atoms with E-state index >= 15 is 0 Å². The van der Waals surface area contributed by atoms with Gasteiger partial charge in [-0.2, -0.15) is 5.10 Å². The van der Waals surface area contributed by atoms with E-state index in [1.807, 2.05) is 13.8 Å². The summed E-state index contributed by atoms with van der Waals surface area (Å²) < 4.78 is 42.7. The third kappa shape index (κ3) is 7.85. The molecule has 0 saturated carbocycles. The van der Waals surface area contributed by atoms with Crippen molar-refractivity contribution >= 4 is 33.7 Å². The number of anilines is 2. The van der Waals surface area contributed by atoms with Crippen LogP contribution < -0.4 is 4.31 Å². The second kappa shape index (κ2) is 13.2. The van der Waals surface area contributed by atoms with Gasteiger partial charge in [0, 0.05) is 17.5 Å². The molecule has 43 heavy (non-hydrogen) atoms. The third-order valence-electron chi connectivity index (χ3n) is 6.32. The number of rotatable bonds is 12. The highest BCUT2D eigenvalue weighted by Crippen LogP contribution is 2.34. The Morgan fingerprint density at radius 3 is 2.30 bits per heavy atom. The number of aromatic nitrogens is 5. The van der Waals surface area contributed by atoms with Crippen molar-refractivity contribution in [3.63, 3.8) is 0 Å². The molecule has 0 aliphatic rings. The van der Waals surface area contributed by atoms with Gasteiger partial charge in [0.25, 0.3) is 0 Å². The molecule has 226 valence electrons. The predicted molar refractivity (Wildman–Crippen MR) is 158 cm³/mol. The lowest BCUT2D eigenvalue weighted by atomic mass is 9.97. The molecule has 0 saturated heterocycles. The van der Waals surface area contributed by atoms with E-state index in [2.05, 4.69) is 20.1 Å². The molecule has 2 aromatic carbocycles. The molecule has 0 aliphatic heterocycles. The van der Waals surface area contributed by atoms with Gasteiger partial charge in [-0.15, -0.1) is 0 Å². The van der Waals surface area contributed by atoms with Crippen molar-refractivity contribution in [2.45, 2.75) is 44.8 Å². The molecule has 2 heterocycles. The highest BCUT2D eigenvalue weighted by molar-refractivity contribution is 7.92. The quantitative estimate of drug-likeness (QED) is 0.215. The molecule has 2 aromatic heterocycles. The summed E-state index contributed by atoms with van der Waals surface area (Å²) in [5, 5.41) is 33.4. The van der Waals surface area contributed by atoms with Gasteiger partial charge >= 0.3 is 5.97 Å². The molecule has 0 amide bonds. The van der Waals surface area contributed by atoms with E-state index < -0.39 is 40.4 Å². The van der Waals surface area contributed by atoms with Crippen LogP contribution in [0.2, 0.25) is 0 Å². The summed E-state index contributed by atoms with van der Waals surface area (Å²) >= 11 is 0. The van der Waals surface area contributed by atoms with Crippen molar-refractivity contribution in [1.82, 2.24) is 24.7 Å². The van der Waals surface area contributed by atoms with E-state index in [9.17, 15) is 27.8 Å².